The molecule has 0 saturated carbocycles. The van der Waals surface area contributed by atoms with Crippen molar-refractivity contribution in [3.63, 3.8) is 0 Å². The molecule has 1 amide bonds. The summed E-state index contributed by atoms with van der Waals surface area (Å²) in [7, 11) is -3.54. The number of nitrogens with zero attached hydrogens (tertiary/aromatic N) is 2. The van der Waals surface area contributed by atoms with Gasteiger partial charge in [-0.05, 0) is 44.0 Å². The van der Waals surface area contributed by atoms with Gasteiger partial charge in [-0.3, -0.25) is 4.79 Å². The number of ether oxygens (including phenoxy) is 2. The minimum Gasteiger partial charge on any atom is -0.379 e. The van der Waals surface area contributed by atoms with Crippen LogP contribution in [0.3, 0.4) is 0 Å². The summed E-state index contributed by atoms with van der Waals surface area (Å²) in [4.78, 5) is 14.7. The van der Waals surface area contributed by atoms with Gasteiger partial charge >= 0.3 is 0 Å². The Morgan fingerprint density at radius 2 is 1.88 bits per heavy atom. The smallest absolute Gasteiger partial charge is 0.253 e. The largest absolute Gasteiger partial charge is 0.379 e. The Kier molecular flexibility index (Phi) is 6.29. The summed E-state index contributed by atoms with van der Waals surface area (Å²) in [5.41, 5.74) is 0.503. The Morgan fingerprint density at radius 1 is 1.19 bits per heavy atom. The van der Waals surface area contributed by atoms with Gasteiger partial charge < -0.3 is 14.4 Å². The molecule has 0 radical (unpaired) electrons. The Morgan fingerprint density at radius 3 is 2.54 bits per heavy atom. The Bertz CT molecular complexity index is 712. The number of carbonyl (C=O) groups excluding carboxylic acids is 1. The van der Waals surface area contributed by atoms with Crippen LogP contribution in [-0.2, 0) is 19.5 Å². The minimum atomic E-state index is -3.54. The molecule has 2 aliphatic rings. The summed E-state index contributed by atoms with van der Waals surface area (Å²) in [5, 5.41) is 0. The SMILES string of the molecule is CCOC1CCCN(C(=O)c2ccc(S(=O)(=O)N3CCOCC3)cc2)C1. The van der Waals surface area contributed by atoms with E-state index in [9.17, 15) is 13.2 Å². The number of likely N-dealkylation sites (tertiary alicyclic amines) is 1. The number of piperidine rings is 1. The first-order chi connectivity index (χ1) is 12.5. The maximum absolute atomic E-state index is 12.7. The van der Waals surface area contributed by atoms with E-state index in [0.29, 0.717) is 51.6 Å². The zero-order valence-corrected chi connectivity index (χ0v) is 15.9. The lowest BCUT2D eigenvalue weighted by molar-refractivity contribution is 0.00724. The summed E-state index contributed by atoms with van der Waals surface area (Å²) in [5.74, 6) is -0.0790. The molecule has 2 fully saturated rings. The standard InChI is InChI=1S/C18H26N2O5S/c1-2-25-16-4-3-9-19(14-16)18(21)15-5-7-17(8-6-15)26(22,23)20-10-12-24-13-11-20/h5-8,16H,2-4,9-14H2,1H3. The Hall–Kier alpha value is -1.48. The highest BCUT2D eigenvalue weighted by Gasteiger charge is 2.28. The van der Waals surface area contributed by atoms with Crippen LogP contribution in [0.1, 0.15) is 30.1 Å². The second kappa shape index (κ2) is 8.47. The van der Waals surface area contributed by atoms with Gasteiger partial charge in [0.15, 0.2) is 0 Å². The molecule has 1 aromatic rings. The molecule has 0 aliphatic carbocycles. The average molecular weight is 382 g/mol. The monoisotopic (exact) mass is 382 g/mol. The van der Waals surface area contributed by atoms with E-state index in [1.165, 1.54) is 16.4 Å². The first kappa shape index (κ1) is 19.3. The van der Waals surface area contributed by atoms with Crippen LogP contribution in [-0.4, -0.2) is 75.6 Å². The van der Waals surface area contributed by atoms with E-state index < -0.39 is 10.0 Å². The number of sulfonamides is 1. The third kappa shape index (κ3) is 4.25. The number of carbonyl (C=O) groups is 1. The average Bonchev–Trinajstić information content (AvgIpc) is 2.69. The predicted octanol–water partition coefficient (Wildman–Crippen LogP) is 1.35. The van der Waals surface area contributed by atoms with Crippen LogP contribution in [0, 0.1) is 0 Å². The Balaban J connectivity index is 1.69. The topological polar surface area (TPSA) is 76.2 Å². The number of hydrogen-bond donors (Lipinski definition) is 0. The maximum atomic E-state index is 12.7. The van der Waals surface area contributed by atoms with Gasteiger partial charge in [-0.2, -0.15) is 4.31 Å². The molecular weight excluding hydrogens is 356 g/mol. The molecule has 8 heteroatoms. The molecule has 0 spiro atoms. The highest BCUT2D eigenvalue weighted by Crippen LogP contribution is 2.20. The Labute approximate surface area is 154 Å². The second-order valence-electron chi connectivity index (χ2n) is 6.51. The number of morpholine rings is 1. The van der Waals surface area contributed by atoms with Gasteiger partial charge in [-0.25, -0.2) is 8.42 Å². The van der Waals surface area contributed by atoms with Crippen LogP contribution in [0.25, 0.3) is 0 Å². The third-order valence-corrected chi connectivity index (χ3v) is 6.69. The number of amides is 1. The number of rotatable bonds is 5. The van der Waals surface area contributed by atoms with Crippen molar-refractivity contribution in [1.82, 2.24) is 9.21 Å². The summed E-state index contributed by atoms with van der Waals surface area (Å²) < 4.78 is 37.6. The summed E-state index contributed by atoms with van der Waals surface area (Å²) in [6.45, 7) is 5.41. The van der Waals surface area contributed by atoms with E-state index in [4.69, 9.17) is 9.47 Å². The zero-order valence-electron chi connectivity index (χ0n) is 15.1. The van der Waals surface area contributed by atoms with E-state index >= 15 is 0 Å². The molecule has 1 unspecified atom stereocenters. The molecule has 2 heterocycles. The van der Waals surface area contributed by atoms with Gasteiger partial charge in [0.2, 0.25) is 10.0 Å². The second-order valence-corrected chi connectivity index (χ2v) is 8.45. The van der Waals surface area contributed by atoms with E-state index in [1.807, 2.05) is 6.92 Å². The fraction of sp³-hybridized carbons (Fsp3) is 0.611. The van der Waals surface area contributed by atoms with Crippen molar-refractivity contribution in [3.8, 4) is 0 Å². The van der Waals surface area contributed by atoms with Crippen molar-refractivity contribution in [3.05, 3.63) is 29.8 Å². The van der Waals surface area contributed by atoms with Crippen molar-refractivity contribution in [2.75, 3.05) is 46.0 Å². The molecular formula is C18H26N2O5S. The molecule has 7 nitrogen and oxygen atoms in total. The lowest BCUT2D eigenvalue weighted by Gasteiger charge is -2.32. The van der Waals surface area contributed by atoms with Crippen LogP contribution in [0.5, 0.6) is 0 Å². The zero-order chi connectivity index (χ0) is 18.6. The van der Waals surface area contributed by atoms with Crippen molar-refractivity contribution < 1.29 is 22.7 Å². The molecule has 2 aliphatic heterocycles. The molecule has 2 saturated heterocycles. The molecule has 26 heavy (non-hydrogen) atoms. The van der Waals surface area contributed by atoms with Crippen molar-refractivity contribution in [2.45, 2.75) is 30.8 Å². The predicted molar refractivity (Wildman–Crippen MR) is 96.6 cm³/mol. The third-order valence-electron chi connectivity index (χ3n) is 4.78. The van der Waals surface area contributed by atoms with Gasteiger partial charge in [-0.15, -0.1) is 0 Å². The fourth-order valence-electron chi connectivity index (χ4n) is 3.38. The van der Waals surface area contributed by atoms with Crippen LogP contribution in [0.4, 0.5) is 0 Å². The molecule has 0 N–H and O–H groups in total. The first-order valence-corrected chi connectivity index (χ1v) is 10.5. The van der Waals surface area contributed by atoms with Gasteiger partial charge in [0.25, 0.3) is 5.91 Å². The molecule has 3 rings (SSSR count). The fourth-order valence-corrected chi connectivity index (χ4v) is 4.79. The molecule has 1 atom stereocenters. The summed E-state index contributed by atoms with van der Waals surface area (Å²) in [6, 6.07) is 6.23. The van der Waals surface area contributed by atoms with Gasteiger partial charge in [0.05, 0.1) is 24.2 Å². The van der Waals surface area contributed by atoms with Gasteiger partial charge in [0.1, 0.15) is 0 Å². The van der Waals surface area contributed by atoms with Crippen LogP contribution < -0.4 is 0 Å². The van der Waals surface area contributed by atoms with Crippen molar-refractivity contribution in [1.29, 1.82) is 0 Å². The molecule has 144 valence electrons. The summed E-state index contributed by atoms with van der Waals surface area (Å²) >= 11 is 0. The van der Waals surface area contributed by atoms with Gasteiger partial charge in [-0.1, -0.05) is 0 Å². The van der Waals surface area contributed by atoms with E-state index in [0.717, 1.165) is 12.8 Å². The van der Waals surface area contributed by atoms with Gasteiger partial charge in [0, 0.05) is 38.3 Å². The highest BCUT2D eigenvalue weighted by molar-refractivity contribution is 7.89. The van der Waals surface area contributed by atoms with Crippen LogP contribution in [0.2, 0.25) is 0 Å². The lowest BCUT2D eigenvalue weighted by Crippen LogP contribution is -2.43. The van der Waals surface area contributed by atoms with Crippen LogP contribution in [0.15, 0.2) is 29.2 Å². The molecule has 0 aromatic heterocycles. The van der Waals surface area contributed by atoms with Crippen molar-refractivity contribution >= 4 is 15.9 Å². The highest BCUT2D eigenvalue weighted by atomic mass is 32.2. The van der Waals surface area contributed by atoms with Crippen LogP contribution >= 0.6 is 0 Å². The summed E-state index contributed by atoms with van der Waals surface area (Å²) in [6.07, 6.45) is 1.97. The van der Waals surface area contributed by atoms with E-state index in [2.05, 4.69) is 0 Å². The molecule has 0 bridgehead atoms. The van der Waals surface area contributed by atoms with Crippen molar-refractivity contribution in [2.24, 2.45) is 0 Å². The minimum absolute atomic E-state index is 0.0790. The normalized spacial score (nSPS) is 22.3. The number of benzene rings is 1. The molecule has 1 aromatic carbocycles. The lowest BCUT2D eigenvalue weighted by atomic mass is 10.1. The van der Waals surface area contributed by atoms with E-state index in [-0.39, 0.29) is 16.9 Å². The number of hydrogen-bond acceptors (Lipinski definition) is 5. The maximum Gasteiger partial charge on any atom is 0.253 e. The first-order valence-electron chi connectivity index (χ1n) is 9.11. The van der Waals surface area contributed by atoms with E-state index in [1.54, 1.807) is 17.0 Å². The quantitative estimate of drug-likeness (QED) is 0.768.